The minimum Gasteiger partial charge on any atom is -0.469 e. The zero-order chi connectivity index (χ0) is 21.6. The van der Waals surface area contributed by atoms with Gasteiger partial charge in [-0.15, -0.1) is 0 Å². The van der Waals surface area contributed by atoms with Crippen molar-refractivity contribution in [2.75, 3.05) is 4.72 Å². The van der Waals surface area contributed by atoms with Crippen LogP contribution in [0.25, 0.3) is 0 Å². The molecule has 0 atom stereocenters. The minimum absolute atomic E-state index is 0.0697. The van der Waals surface area contributed by atoms with Crippen molar-refractivity contribution in [1.29, 1.82) is 0 Å². The molecule has 0 fully saturated rings. The molecule has 0 aliphatic rings. The number of furan rings is 1. The van der Waals surface area contributed by atoms with Crippen LogP contribution in [-0.4, -0.2) is 20.2 Å². The van der Waals surface area contributed by atoms with Crippen molar-refractivity contribution in [1.82, 2.24) is 10.9 Å². The molecular formula is C20H18ClN3O5S. The average molecular weight is 448 g/mol. The molecular weight excluding hydrogens is 430 g/mol. The Hall–Kier alpha value is -3.30. The summed E-state index contributed by atoms with van der Waals surface area (Å²) < 4.78 is 32.7. The summed E-state index contributed by atoms with van der Waals surface area (Å²) >= 11 is 5.80. The van der Waals surface area contributed by atoms with Crippen molar-refractivity contribution < 1.29 is 22.4 Å². The lowest BCUT2D eigenvalue weighted by Gasteiger charge is -2.10. The number of aryl methyl sites for hydroxylation is 1. The molecule has 0 aliphatic heterocycles. The largest absolute Gasteiger partial charge is 0.469 e. The third-order valence-corrected chi connectivity index (χ3v) is 5.63. The van der Waals surface area contributed by atoms with Gasteiger partial charge in [-0.1, -0.05) is 17.7 Å². The maximum absolute atomic E-state index is 12.6. The summed E-state index contributed by atoms with van der Waals surface area (Å²) in [5, 5.41) is 0.475. The highest BCUT2D eigenvalue weighted by atomic mass is 35.5. The normalized spacial score (nSPS) is 11.0. The SMILES string of the molecule is O=C(CCc1ccco1)NNC(=O)c1cccc(S(=O)(=O)Nc2ccc(Cl)cc2)c1. The van der Waals surface area contributed by atoms with Gasteiger partial charge < -0.3 is 4.42 Å². The van der Waals surface area contributed by atoms with Crippen molar-refractivity contribution in [2.24, 2.45) is 0 Å². The van der Waals surface area contributed by atoms with Crippen LogP contribution in [0.1, 0.15) is 22.5 Å². The first-order valence-electron chi connectivity index (χ1n) is 8.83. The molecule has 0 spiro atoms. The summed E-state index contributed by atoms with van der Waals surface area (Å²) in [6.07, 6.45) is 2.02. The topological polar surface area (TPSA) is 118 Å². The van der Waals surface area contributed by atoms with E-state index in [0.29, 0.717) is 22.9 Å². The van der Waals surface area contributed by atoms with E-state index in [0.717, 1.165) is 0 Å². The van der Waals surface area contributed by atoms with Crippen LogP contribution in [0.2, 0.25) is 5.02 Å². The quantitative estimate of drug-likeness (QED) is 0.481. The predicted octanol–water partition coefficient (Wildman–Crippen LogP) is 3.13. The van der Waals surface area contributed by atoms with E-state index in [-0.39, 0.29) is 16.9 Å². The van der Waals surface area contributed by atoms with E-state index in [1.807, 2.05) is 0 Å². The molecule has 0 saturated heterocycles. The number of anilines is 1. The number of hydrogen-bond acceptors (Lipinski definition) is 5. The summed E-state index contributed by atoms with van der Waals surface area (Å²) in [6.45, 7) is 0. The smallest absolute Gasteiger partial charge is 0.269 e. The summed E-state index contributed by atoms with van der Waals surface area (Å²) in [5.74, 6) is -0.402. The van der Waals surface area contributed by atoms with Crippen LogP contribution in [0.15, 0.2) is 76.2 Å². The number of amides is 2. The molecule has 1 heterocycles. The second-order valence-corrected chi connectivity index (χ2v) is 8.34. The first kappa shape index (κ1) is 21.4. The van der Waals surface area contributed by atoms with Gasteiger partial charge in [-0.05, 0) is 54.6 Å². The molecule has 0 unspecified atom stereocenters. The highest BCUT2D eigenvalue weighted by molar-refractivity contribution is 7.92. The fourth-order valence-electron chi connectivity index (χ4n) is 2.49. The zero-order valence-electron chi connectivity index (χ0n) is 15.6. The van der Waals surface area contributed by atoms with E-state index in [1.165, 1.54) is 42.7 Å². The van der Waals surface area contributed by atoms with Crippen LogP contribution >= 0.6 is 11.6 Å². The highest BCUT2D eigenvalue weighted by Gasteiger charge is 2.17. The maximum atomic E-state index is 12.6. The number of hydrazine groups is 1. The Bertz CT molecular complexity index is 1130. The summed E-state index contributed by atoms with van der Waals surface area (Å²) in [5.41, 5.74) is 4.95. The van der Waals surface area contributed by atoms with Crippen LogP contribution in [0, 0.1) is 0 Å². The molecule has 30 heavy (non-hydrogen) atoms. The number of nitrogens with one attached hydrogen (secondary N) is 3. The Balaban J connectivity index is 1.60. The minimum atomic E-state index is -3.92. The Morgan fingerprint density at radius 2 is 1.73 bits per heavy atom. The molecule has 1 aromatic heterocycles. The molecule has 0 aliphatic carbocycles. The predicted molar refractivity (Wildman–Crippen MR) is 111 cm³/mol. The van der Waals surface area contributed by atoms with Crippen LogP contribution < -0.4 is 15.6 Å². The number of rotatable bonds is 7. The molecule has 8 nitrogen and oxygen atoms in total. The van der Waals surface area contributed by atoms with E-state index in [4.69, 9.17) is 16.0 Å². The van der Waals surface area contributed by atoms with Crippen LogP contribution in [0.4, 0.5) is 5.69 Å². The Kier molecular flexibility index (Phi) is 6.76. The molecule has 10 heteroatoms. The number of benzene rings is 2. The van der Waals surface area contributed by atoms with Crippen LogP contribution in [-0.2, 0) is 21.2 Å². The summed E-state index contributed by atoms with van der Waals surface area (Å²) in [6, 6.07) is 15.1. The zero-order valence-corrected chi connectivity index (χ0v) is 17.2. The van der Waals surface area contributed by atoms with Crippen LogP contribution in [0.5, 0.6) is 0 Å². The Labute approximate surface area is 178 Å². The van der Waals surface area contributed by atoms with Crippen molar-refractivity contribution in [2.45, 2.75) is 17.7 Å². The van der Waals surface area contributed by atoms with E-state index >= 15 is 0 Å². The van der Waals surface area contributed by atoms with Crippen molar-refractivity contribution in [3.05, 3.63) is 83.3 Å². The molecule has 2 aromatic carbocycles. The number of carbonyl (C=O) groups is 2. The van der Waals surface area contributed by atoms with Gasteiger partial charge in [-0.25, -0.2) is 8.42 Å². The number of carbonyl (C=O) groups excluding carboxylic acids is 2. The number of halogens is 1. The Morgan fingerprint density at radius 3 is 2.43 bits per heavy atom. The standard InChI is InChI=1S/C20H18ClN3O5S/c21-15-6-8-16(9-7-15)24-30(27,28)18-5-1-3-14(13-18)20(26)23-22-19(25)11-10-17-4-2-12-29-17/h1-9,12-13,24H,10-11H2,(H,22,25)(H,23,26). The number of hydrogen-bond donors (Lipinski definition) is 3. The van der Waals surface area contributed by atoms with Crippen molar-refractivity contribution in [3.8, 4) is 0 Å². The third-order valence-electron chi connectivity index (χ3n) is 4.00. The average Bonchev–Trinajstić information content (AvgIpc) is 3.26. The Morgan fingerprint density at radius 1 is 0.967 bits per heavy atom. The first-order valence-corrected chi connectivity index (χ1v) is 10.7. The van der Waals surface area contributed by atoms with Gasteiger partial charge in [0.2, 0.25) is 5.91 Å². The van der Waals surface area contributed by atoms with Gasteiger partial charge >= 0.3 is 0 Å². The van der Waals surface area contributed by atoms with Crippen molar-refractivity contribution in [3.63, 3.8) is 0 Å². The molecule has 0 saturated carbocycles. The molecule has 2 amide bonds. The van der Waals surface area contributed by atoms with Gasteiger partial charge in [0.25, 0.3) is 15.9 Å². The summed E-state index contributed by atoms with van der Waals surface area (Å²) in [7, 11) is -3.92. The van der Waals surface area contributed by atoms with Gasteiger partial charge in [-0.3, -0.25) is 25.2 Å². The van der Waals surface area contributed by atoms with Gasteiger partial charge in [0, 0.05) is 29.1 Å². The lowest BCUT2D eigenvalue weighted by atomic mass is 10.2. The fourth-order valence-corrected chi connectivity index (χ4v) is 3.72. The van der Waals surface area contributed by atoms with Gasteiger partial charge in [0.05, 0.1) is 11.2 Å². The molecule has 0 bridgehead atoms. The molecule has 156 valence electrons. The number of sulfonamides is 1. The highest BCUT2D eigenvalue weighted by Crippen LogP contribution is 2.19. The van der Waals surface area contributed by atoms with Gasteiger partial charge in [0.15, 0.2) is 0 Å². The van der Waals surface area contributed by atoms with E-state index in [2.05, 4.69) is 15.6 Å². The van der Waals surface area contributed by atoms with Gasteiger partial charge in [0.1, 0.15) is 5.76 Å². The third kappa shape index (κ3) is 5.85. The fraction of sp³-hybridized carbons (Fsp3) is 0.100. The second-order valence-electron chi connectivity index (χ2n) is 6.22. The molecule has 3 aromatic rings. The van der Waals surface area contributed by atoms with E-state index < -0.39 is 21.8 Å². The monoisotopic (exact) mass is 447 g/mol. The maximum Gasteiger partial charge on any atom is 0.269 e. The first-order chi connectivity index (χ1) is 14.3. The van der Waals surface area contributed by atoms with E-state index in [1.54, 1.807) is 24.3 Å². The molecule has 0 radical (unpaired) electrons. The van der Waals surface area contributed by atoms with E-state index in [9.17, 15) is 18.0 Å². The summed E-state index contributed by atoms with van der Waals surface area (Å²) in [4.78, 5) is 24.0. The molecule has 3 rings (SSSR count). The molecule has 3 N–H and O–H groups in total. The lowest BCUT2D eigenvalue weighted by Crippen LogP contribution is -2.41. The lowest BCUT2D eigenvalue weighted by molar-refractivity contribution is -0.121. The van der Waals surface area contributed by atoms with Crippen molar-refractivity contribution >= 4 is 39.1 Å². The second kappa shape index (κ2) is 9.47. The van der Waals surface area contributed by atoms with Crippen LogP contribution in [0.3, 0.4) is 0 Å². The van der Waals surface area contributed by atoms with Gasteiger partial charge in [-0.2, -0.15) is 0 Å².